The predicted octanol–water partition coefficient (Wildman–Crippen LogP) is 2.30. The van der Waals surface area contributed by atoms with Crippen molar-refractivity contribution in [2.24, 2.45) is 0 Å². The number of benzene rings is 1. The van der Waals surface area contributed by atoms with Crippen molar-refractivity contribution in [2.45, 2.75) is 31.7 Å². The number of hydrogen-bond donors (Lipinski definition) is 1. The van der Waals surface area contributed by atoms with Gasteiger partial charge in [-0.25, -0.2) is 4.39 Å². The van der Waals surface area contributed by atoms with Gasteiger partial charge in [-0.1, -0.05) is 6.42 Å². The first-order chi connectivity index (χ1) is 12.2. The highest BCUT2D eigenvalue weighted by molar-refractivity contribution is 5.85. The van der Waals surface area contributed by atoms with E-state index in [4.69, 9.17) is 4.74 Å². The van der Waals surface area contributed by atoms with Crippen molar-refractivity contribution >= 4 is 18.3 Å². The van der Waals surface area contributed by atoms with Crippen molar-refractivity contribution in [3.8, 4) is 5.75 Å². The fourth-order valence-corrected chi connectivity index (χ4v) is 3.61. The summed E-state index contributed by atoms with van der Waals surface area (Å²) in [7, 11) is 0. The lowest BCUT2D eigenvalue weighted by Gasteiger charge is -2.33. The molecule has 2 heterocycles. The lowest BCUT2D eigenvalue weighted by atomic mass is 10.1. The monoisotopic (exact) mass is 385 g/mol. The zero-order valence-corrected chi connectivity index (χ0v) is 16.0. The standard InChI is InChI=1S/C19H28FN3O2.ClH/c20-16-4-6-18(7-5-16)25-15-19(24)23(17-8-9-21-14-17)13-12-22-10-2-1-3-11-22;/h4-7,17,21H,1-3,8-15H2;1H. The van der Waals surface area contributed by atoms with Gasteiger partial charge < -0.3 is 19.9 Å². The molecule has 3 rings (SSSR count). The maximum Gasteiger partial charge on any atom is 0.260 e. The minimum absolute atomic E-state index is 0. The number of amides is 1. The molecular weight excluding hydrogens is 357 g/mol. The number of hydrogen-bond acceptors (Lipinski definition) is 4. The number of piperidine rings is 1. The summed E-state index contributed by atoms with van der Waals surface area (Å²) in [6.45, 7) is 5.76. The average Bonchev–Trinajstić information content (AvgIpc) is 3.17. The SMILES string of the molecule is Cl.O=C(COc1ccc(F)cc1)N(CCN1CCCCC1)C1CCNC1. The van der Waals surface area contributed by atoms with Crippen LogP contribution in [0.5, 0.6) is 5.75 Å². The molecule has 1 aromatic rings. The van der Waals surface area contributed by atoms with Crippen LogP contribution in [0.25, 0.3) is 0 Å². The molecule has 1 amide bonds. The zero-order valence-electron chi connectivity index (χ0n) is 15.2. The first-order valence-corrected chi connectivity index (χ1v) is 9.33. The average molecular weight is 386 g/mol. The van der Waals surface area contributed by atoms with E-state index in [1.54, 1.807) is 12.1 Å². The largest absolute Gasteiger partial charge is 0.484 e. The van der Waals surface area contributed by atoms with Gasteiger partial charge in [0.25, 0.3) is 5.91 Å². The molecule has 0 aromatic heterocycles. The molecule has 1 aromatic carbocycles. The summed E-state index contributed by atoms with van der Waals surface area (Å²) in [4.78, 5) is 17.1. The van der Waals surface area contributed by atoms with Crippen molar-refractivity contribution in [3.05, 3.63) is 30.1 Å². The van der Waals surface area contributed by atoms with Crippen molar-refractivity contribution in [2.75, 3.05) is 45.9 Å². The van der Waals surface area contributed by atoms with E-state index in [2.05, 4.69) is 10.2 Å². The fourth-order valence-electron chi connectivity index (χ4n) is 3.61. The van der Waals surface area contributed by atoms with Gasteiger partial charge in [0.1, 0.15) is 11.6 Å². The Bertz CT molecular complexity index is 546. The van der Waals surface area contributed by atoms with E-state index in [9.17, 15) is 9.18 Å². The normalized spacial score (nSPS) is 20.4. The number of likely N-dealkylation sites (tertiary alicyclic amines) is 1. The smallest absolute Gasteiger partial charge is 0.260 e. The van der Waals surface area contributed by atoms with E-state index in [-0.39, 0.29) is 36.8 Å². The summed E-state index contributed by atoms with van der Waals surface area (Å²) in [6, 6.07) is 6.04. The highest BCUT2D eigenvalue weighted by Crippen LogP contribution is 2.14. The molecule has 0 spiro atoms. The lowest BCUT2D eigenvalue weighted by Crippen LogP contribution is -2.48. The first kappa shape index (κ1) is 20.9. The molecule has 0 saturated carbocycles. The van der Waals surface area contributed by atoms with Gasteiger partial charge in [-0.05, 0) is 63.2 Å². The van der Waals surface area contributed by atoms with Gasteiger partial charge in [-0.15, -0.1) is 12.4 Å². The molecular formula is C19H29ClFN3O2. The van der Waals surface area contributed by atoms with Gasteiger partial charge in [-0.2, -0.15) is 0 Å². The number of carbonyl (C=O) groups is 1. The number of nitrogens with zero attached hydrogens (tertiary/aromatic N) is 2. The van der Waals surface area contributed by atoms with Crippen molar-refractivity contribution in [1.29, 1.82) is 0 Å². The maximum atomic E-state index is 13.0. The fraction of sp³-hybridized carbons (Fsp3) is 0.632. The Morgan fingerprint density at radius 1 is 1.23 bits per heavy atom. The van der Waals surface area contributed by atoms with E-state index in [1.807, 2.05) is 4.90 Å². The maximum absolute atomic E-state index is 13.0. The third-order valence-corrected chi connectivity index (χ3v) is 5.08. The van der Waals surface area contributed by atoms with Crippen LogP contribution < -0.4 is 10.1 Å². The highest BCUT2D eigenvalue weighted by atomic mass is 35.5. The molecule has 26 heavy (non-hydrogen) atoms. The molecule has 7 heteroatoms. The highest BCUT2D eigenvalue weighted by Gasteiger charge is 2.27. The number of rotatable bonds is 7. The van der Waals surface area contributed by atoms with Gasteiger partial charge >= 0.3 is 0 Å². The second kappa shape index (κ2) is 10.7. The van der Waals surface area contributed by atoms with Gasteiger partial charge in [0.2, 0.25) is 0 Å². The molecule has 5 nitrogen and oxygen atoms in total. The Labute approximate surface area is 161 Å². The van der Waals surface area contributed by atoms with Crippen molar-refractivity contribution in [1.82, 2.24) is 15.1 Å². The van der Waals surface area contributed by atoms with E-state index >= 15 is 0 Å². The van der Waals surface area contributed by atoms with Gasteiger partial charge in [0.05, 0.1) is 0 Å². The third kappa shape index (κ3) is 6.11. The topological polar surface area (TPSA) is 44.8 Å². The van der Waals surface area contributed by atoms with Gasteiger partial charge in [0, 0.05) is 25.7 Å². The van der Waals surface area contributed by atoms with Crippen LogP contribution in [0, 0.1) is 5.82 Å². The molecule has 146 valence electrons. The molecule has 2 saturated heterocycles. The summed E-state index contributed by atoms with van der Waals surface area (Å²) < 4.78 is 18.5. The van der Waals surface area contributed by atoms with Crippen LogP contribution in [0.1, 0.15) is 25.7 Å². The van der Waals surface area contributed by atoms with Gasteiger partial charge in [0.15, 0.2) is 6.61 Å². The minimum Gasteiger partial charge on any atom is -0.484 e. The van der Waals surface area contributed by atoms with Crippen LogP contribution in [0.3, 0.4) is 0 Å². The third-order valence-electron chi connectivity index (χ3n) is 5.08. The van der Waals surface area contributed by atoms with E-state index in [0.29, 0.717) is 5.75 Å². The summed E-state index contributed by atoms with van der Waals surface area (Å²) in [6.07, 6.45) is 4.82. The van der Waals surface area contributed by atoms with E-state index in [0.717, 1.165) is 45.7 Å². The molecule has 1 unspecified atom stereocenters. The number of carbonyl (C=O) groups excluding carboxylic acids is 1. The van der Waals surface area contributed by atoms with E-state index < -0.39 is 0 Å². The molecule has 2 aliphatic heterocycles. The Hall–Kier alpha value is -1.37. The number of ether oxygens (including phenoxy) is 1. The molecule has 2 aliphatic rings. The zero-order chi connectivity index (χ0) is 17.5. The van der Waals surface area contributed by atoms with Crippen LogP contribution >= 0.6 is 12.4 Å². The Morgan fingerprint density at radius 2 is 1.96 bits per heavy atom. The molecule has 0 radical (unpaired) electrons. The van der Waals surface area contributed by atoms with Crippen LogP contribution in [0.15, 0.2) is 24.3 Å². The van der Waals surface area contributed by atoms with Crippen LogP contribution in [0.4, 0.5) is 4.39 Å². The lowest BCUT2D eigenvalue weighted by molar-refractivity contribution is -0.135. The Balaban J connectivity index is 0.00000243. The number of halogens is 2. The van der Waals surface area contributed by atoms with Crippen LogP contribution in [0.2, 0.25) is 0 Å². The molecule has 0 aliphatic carbocycles. The predicted molar refractivity (Wildman–Crippen MR) is 102 cm³/mol. The summed E-state index contributed by atoms with van der Waals surface area (Å²) in [5, 5.41) is 3.34. The Morgan fingerprint density at radius 3 is 2.62 bits per heavy atom. The van der Waals surface area contributed by atoms with Crippen LogP contribution in [-0.4, -0.2) is 67.6 Å². The first-order valence-electron chi connectivity index (χ1n) is 9.33. The molecule has 0 bridgehead atoms. The summed E-state index contributed by atoms with van der Waals surface area (Å²) >= 11 is 0. The molecule has 2 fully saturated rings. The quantitative estimate of drug-likeness (QED) is 0.782. The Kier molecular flexibility index (Phi) is 8.62. The number of nitrogens with one attached hydrogen (secondary N) is 1. The van der Waals surface area contributed by atoms with Crippen LogP contribution in [-0.2, 0) is 4.79 Å². The second-order valence-electron chi connectivity index (χ2n) is 6.88. The van der Waals surface area contributed by atoms with Crippen molar-refractivity contribution in [3.63, 3.8) is 0 Å². The summed E-state index contributed by atoms with van der Waals surface area (Å²) in [5.74, 6) is 0.226. The minimum atomic E-state index is -0.307. The molecule has 1 N–H and O–H groups in total. The van der Waals surface area contributed by atoms with E-state index in [1.165, 1.54) is 31.4 Å². The molecule has 1 atom stereocenters. The second-order valence-corrected chi connectivity index (χ2v) is 6.88. The van der Waals surface area contributed by atoms with Crippen molar-refractivity contribution < 1.29 is 13.9 Å². The summed E-state index contributed by atoms with van der Waals surface area (Å²) in [5.41, 5.74) is 0. The van der Waals surface area contributed by atoms with Gasteiger partial charge in [-0.3, -0.25) is 4.79 Å².